The molecule has 2 heterocycles. The number of pyridine rings is 1. The maximum Gasteiger partial charge on any atom is 0.254 e. The molecule has 11 heteroatoms. The second kappa shape index (κ2) is 10.6. The monoisotopic (exact) mass is 566 g/mol. The fraction of sp³-hybridized carbons (Fsp3) is 0.345. The molecular weight excluding hydrogens is 535 g/mol. The fourth-order valence-electron chi connectivity index (χ4n) is 5.01. The number of amides is 2. The predicted octanol–water partition coefficient (Wildman–Crippen LogP) is 3.71. The molecule has 210 valence electrons. The highest BCUT2D eigenvalue weighted by atomic mass is 32.2. The first kappa shape index (κ1) is 27.7. The molecule has 0 saturated heterocycles. The number of hydrogen-bond donors (Lipinski definition) is 2. The maximum absolute atomic E-state index is 15.1. The molecule has 1 fully saturated rings. The second-order valence-corrected chi connectivity index (χ2v) is 12.3. The first-order valence-electron chi connectivity index (χ1n) is 13.1. The summed E-state index contributed by atoms with van der Waals surface area (Å²) in [5.74, 6) is -0.460. The molecular formula is C29H31FN4O5S. The largest absolute Gasteiger partial charge is 0.491 e. The molecule has 2 aromatic carbocycles. The van der Waals surface area contributed by atoms with Gasteiger partial charge in [0.05, 0.1) is 12.1 Å². The van der Waals surface area contributed by atoms with Crippen LogP contribution in [0.1, 0.15) is 47.7 Å². The zero-order valence-electron chi connectivity index (χ0n) is 22.4. The minimum atomic E-state index is -3.78. The molecule has 2 amide bonds. The van der Waals surface area contributed by atoms with Crippen molar-refractivity contribution in [1.82, 2.24) is 9.88 Å². The molecule has 2 aliphatic rings. The number of carbonyl (C=O) groups is 2. The molecule has 0 bridgehead atoms. The highest BCUT2D eigenvalue weighted by molar-refractivity contribution is 7.90. The van der Waals surface area contributed by atoms with Gasteiger partial charge in [0.2, 0.25) is 5.91 Å². The van der Waals surface area contributed by atoms with Gasteiger partial charge in [-0.3, -0.25) is 9.59 Å². The van der Waals surface area contributed by atoms with Gasteiger partial charge in [-0.1, -0.05) is 13.0 Å². The maximum atomic E-state index is 15.1. The van der Waals surface area contributed by atoms with Gasteiger partial charge < -0.3 is 20.7 Å². The van der Waals surface area contributed by atoms with Crippen LogP contribution in [0.25, 0.3) is 11.1 Å². The number of nitrogens with two attached hydrogens (primary N) is 1. The summed E-state index contributed by atoms with van der Waals surface area (Å²) >= 11 is 0. The lowest BCUT2D eigenvalue weighted by Crippen LogP contribution is -2.56. The van der Waals surface area contributed by atoms with E-state index in [9.17, 15) is 18.0 Å². The standard InChI is InChI=1S/C29H31FN4O5S/c1-3-21-22(7-9-24(26(21)30)40(2,37)38)27(35)34-13-14-39-23-8-5-18(15-20(23)17-34)19-6-10-25(32-16-19)33-28(36)29(31)11-4-12-29/h5-10,15-16H,3-4,11-14,17,31H2,1-2H3,(H,32,33,36). The third-order valence-corrected chi connectivity index (χ3v) is 8.67. The van der Waals surface area contributed by atoms with Crippen LogP contribution in [0.3, 0.4) is 0 Å². The smallest absolute Gasteiger partial charge is 0.254 e. The van der Waals surface area contributed by atoms with E-state index >= 15 is 4.39 Å². The SMILES string of the molecule is CCc1c(C(=O)N2CCOc3ccc(-c4ccc(NC(=O)C5(N)CCC5)nc4)cc3C2)ccc(S(C)(=O)=O)c1F. The minimum Gasteiger partial charge on any atom is -0.491 e. The van der Waals surface area contributed by atoms with Crippen molar-refractivity contribution < 1.29 is 27.1 Å². The zero-order valence-corrected chi connectivity index (χ0v) is 23.2. The minimum absolute atomic E-state index is 0.0724. The molecule has 0 spiro atoms. The molecule has 0 unspecified atom stereocenters. The first-order chi connectivity index (χ1) is 19.0. The number of sulfone groups is 1. The number of nitrogens with zero attached hydrogens (tertiary/aromatic N) is 2. The molecule has 3 aromatic rings. The fourth-order valence-corrected chi connectivity index (χ4v) is 5.78. The van der Waals surface area contributed by atoms with Crippen molar-refractivity contribution in [3.8, 4) is 16.9 Å². The van der Waals surface area contributed by atoms with Gasteiger partial charge in [-0.15, -0.1) is 0 Å². The van der Waals surface area contributed by atoms with Crippen molar-refractivity contribution in [2.75, 3.05) is 24.7 Å². The van der Waals surface area contributed by atoms with Crippen molar-refractivity contribution in [2.24, 2.45) is 5.73 Å². The van der Waals surface area contributed by atoms with Gasteiger partial charge in [-0.05, 0) is 67.6 Å². The molecule has 1 aliphatic carbocycles. The molecule has 5 rings (SSSR count). The molecule has 9 nitrogen and oxygen atoms in total. The molecule has 0 atom stereocenters. The summed E-state index contributed by atoms with van der Waals surface area (Å²) in [6, 6.07) is 11.7. The van der Waals surface area contributed by atoms with E-state index < -0.39 is 32.0 Å². The van der Waals surface area contributed by atoms with Crippen molar-refractivity contribution >= 4 is 27.5 Å². The predicted molar refractivity (Wildman–Crippen MR) is 148 cm³/mol. The van der Waals surface area contributed by atoms with E-state index in [1.165, 1.54) is 6.07 Å². The second-order valence-electron chi connectivity index (χ2n) is 10.3. The Bertz CT molecular complexity index is 1590. The normalized spacial score (nSPS) is 16.2. The Kier molecular flexibility index (Phi) is 7.36. The Morgan fingerprint density at radius 2 is 1.90 bits per heavy atom. The lowest BCUT2D eigenvalue weighted by molar-refractivity contribution is -0.123. The van der Waals surface area contributed by atoms with Crippen molar-refractivity contribution in [1.29, 1.82) is 0 Å². The Labute approximate surface area is 232 Å². The van der Waals surface area contributed by atoms with E-state index in [1.807, 2.05) is 24.3 Å². The van der Waals surface area contributed by atoms with Crippen molar-refractivity contribution in [2.45, 2.75) is 49.6 Å². The van der Waals surface area contributed by atoms with E-state index in [-0.39, 0.29) is 43.2 Å². The third-order valence-electron chi connectivity index (χ3n) is 7.56. The van der Waals surface area contributed by atoms with Gasteiger partial charge in [0.25, 0.3) is 5.91 Å². The van der Waals surface area contributed by atoms with Gasteiger partial charge in [0, 0.05) is 41.3 Å². The average Bonchev–Trinajstić information content (AvgIpc) is 3.12. The van der Waals surface area contributed by atoms with Gasteiger partial charge in [-0.25, -0.2) is 17.8 Å². The van der Waals surface area contributed by atoms with Crippen LogP contribution in [0.2, 0.25) is 0 Å². The summed E-state index contributed by atoms with van der Waals surface area (Å²) in [6.07, 6.45) is 5.02. The molecule has 1 aliphatic heterocycles. The Morgan fingerprint density at radius 1 is 1.15 bits per heavy atom. The number of ether oxygens (including phenoxy) is 1. The number of fused-ring (bicyclic) bond motifs is 1. The lowest BCUT2D eigenvalue weighted by Gasteiger charge is -2.35. The summed E-state index contributed by atoms with van der Waals surface area (Å²) in [4.78, 5) is 31.5. The first-order valence-corrected chi connectivity index (χ1v) is 15.0. The third kappa shape index (κ3) is 5.31. The number of anilines is 1. The van der Waals surface area contributed by atoms with E-state index in [4.69, 9.17) is 10.5 Å². The number of aromatic nitrogens is 1. The van der Waals surface area contributed by atoms with E-state index in [0.717, 1.165) is 35.4 Å². The van der Waals surface area contributed by atoms with Gasteiger partial charge in [0.15, 0.2) is 9.84 Å². The van der Waals surface area contributed by atoms with Crippen LogP contribution in [0.15, 0.2) is 53.6 Å². The number of nitrogens with one attached hydrogen (secondary N) is 1. The number of rotatable bonds is 6. The van der Waals surface area contributed by atoms with Crippen LogP contribution in [-0.4, -0.2) is 55.1 Å². The topological polar surface area (TPSA) is 132 Å². The number of halogens is 1. The number of carbonyl (C=O) groups excluding carboxylic acids is 2. The van der Waals surface area contributed by atoms with Crippen LogP contribution < -0.4 is 15.8 Å². The average molecular weight is 567 g/mol. The summed E-state index contributed by atoms with van der Waals surface area (Å²) in [7, 11) is -3.78. The van der Waals surface area contributed by atoms with E-state index in [1.54, 1.807) is 24.1 Å². The van der Waals surface area contributed by atoms with Crippen molar-refractivity contribution in [3.05, 3.63) is 71.2 Å². The quantitative estimate of drug-likeness (QED) is 0.465. The van der Waals surface area contributed by atoms with Gasteiger partial charge >= 0.3 is 0 Å². The van der Waals surface area contributed by atoms with E-state index in [2.05, 4.69) is 10.3 Å². The molecule has 3 N–H and O–H groups in total. The van der Waals surface area contributed by atoms with Crippen LogP contribution in [0, 0.1) is 5.82 Å². The van der Waals surface area contributed by atoms with Crippen LogP contribution in [0.5, 0.6) is 5.75 Å². The lowest BCUT2D eigenvalue weighted by atomic mass is 9.77. The highest BCUT2D eigenvalue weighted by Gasteiger charge is 2.40. The number of hydrogen-bond acceptors (Lipinski definition) is 7. The summed E-state index contributed by atoms with van der Waals surface area (Å²) in [5.41, 5.74) is 7.89. The van der Waals surface area contributed by atoms with Crippen molar-refractivity contribution in [3.63, 3.8) is 0 Å². The van der Waals surface area contributed by atoms with Crippen LogP contribution in [-0.2, 0) is 27.6 Å². The summed E-state index contributed by atoms with van der Waals surface area (Å²) in [6.45, 7) is 2.43. The summed E-state index contributed by atoms with van der Waals surface area (Å²) < 4.78 is 44.9. The van der Waals surface area contributed by atoms with Crippen LogP contribution >= 0.6 is 0 Å². The van der Waals surface area contributed by atoms with Gasteiger partial charge in [-0.2, -0.15) is 0 Å². The Hall–Kier alpha value is -3.83. The summed E-state index contributed by atoms with van der Waals surface area (Å²) in [5, 5.41) is 2.78. The van der Waals surface area contributed by atoms with Gasteiger partial charge in [0.1, 0.15) is 28.9 Å². The molecule has 40 heavy (non-hydrogen) atoms. The number of benzene rings is 2. The van der Waals surface area contributed by atoms with Crippen LogP contribution in [0.4, 0.5) is 10.2 Å². The Balaban J connectivity index is 1.37. The molecule has 0 radical (unpaired) electrons. The molecule has 1 aromatic heterocycles. The molecule has 1 saturated carbocycles. The van der Waals surface area contributed by atoms with E-state index in [0.29, 0.717) is 24.4 Å². The zero-order chi connectivity index (χ0) is 28.7. The highest BCUT2D eigenvalue weighted by Crippen LogP contribution is 2.32. The Morgan fingerprint density at radius 3 is 2.52 bits per heavy atom.